The van der Waals surface area contributed by atoms with Gasteiger partial charge in [0.25, 0.3) is 0 Å². The molecule has 3 aromatic rings. The Hall–Kier alpha value is -2.65. The molecule has 1 aromatic carbocycles. The van der Waals surface area contributed by atoms with Crippen molar-refractivity contribution in [1.29, 1.82) is 0 Å². The van der Waals surface area contributed by atoms with Crippen LogP contribution in [0.25, 0.3) is 11.4 Å². The molecule has 0 radical (unpaired) electrons. The number of thioether (sulfide) groups is 1. The van der Waals surface area contributed by atoms with Crippen LogP contribution < -0.4 is 5.32 Å². The normalized spacial score (nSPS) is 13.6. The van der Waals surface area contributed by atoms with E-state index in [0.29, 0.717) is 22.3 Å². The van der Waals surface area contributed by atoms with Crippen molar-refractivity contribution in [2.45, 2.75) is 57.1 Å². The van der Waals surface area contributed by atoms with Gasteiger partial charge in [-0.05, 0) is 38.2 Å². The highest BCUT2D eigenvalue weighted by atomic mass is 32.2. The number of nitrogens with one attached hydrogen (secondary N) is 1. The number of carbonyl (C=O) groups excluding carboxylic acids is 2. The maximum Gasteiger partial charge on any atom is 0.341 e. The van der Waals surface area contributed by atoms with Crippen molar-refractivity contribution in [3.8, 4) is 11.4 Å². The van der Waals surface area contributed by atoms with Gasteiger partial charge in [0, 0.05) is 17.0 Å². The second-order valence-corrected chi connectivity index (χ2v) is 9.91. The van der Waals surface area contributed by atoms with E-state index in [1.807, 2.05) is 41.8 Å². The highest BCUT2D eigenvalue weighted by molar-refractivity contribution is 7.99. The molecule has 0 spiro atoms. The van der Waals surface area contributed by atoms with E-state index in [1.165, 1.54) is 41.5 Å². The second kappa shape index (κ2) is 11.0. The maximum atomic E-state index is 12.8. The van der Waals surface area contributed by atoms with Crippen LogP contribution in [-0.4, -0.2) is 39.5 Å². The van der Waals surface area contributed by atoms with Gasteiger partial charge in [-0.2, -0.15) is 0 Å². The van der Waals surface area contributed by atoms with Crippen molar-refractivity contribution < 1.29 is 14.3 Å². The number of methoxy groups -OCH3 is 1. The Bertz CT molecular complexity index is 1120. The van der Waals surface area contributed by atoms with Crippen molar-refractivity contribution >= 4 is 40.0 Å². The second-order valence-electron chi connectivity index (χ2n) is 7.87. The number of hydrogen-bond donors (Lipinski definition) is 1. The molecule has 0 aliphatic heterocycles. The van der Waals surface area contributed by atoms with E-state index in [9.17, 15) is 9.59 Å². The third-order valence-electron chi connectivity index (χ3n) is 5.71. The van der Waals surface area contributed by atoms with E-state index in [0.717, 1.165) is 49.1 Å². The molecule has 0 bridgehead atoms. The molecule has 0 unspecified atom stereocenters. The van der Waals surface area contributed by atoms with Crippen LogP contribution in [0.2, 0.25) is 0 Å². The lowest BCUT2D eigenvalue weighted by molar-refractivity contribution is -0.113. The number of nitrogens with zero attached hydrogens (tertiary/aromatic N) is 3. The van der Waals surface area contributed by atoms with Crippen molar-refractivity contribution in [2.75, 3.05) is 18.2 Å². The fraction of sp³-hybridized carbons (Fsp3) is 0.417. The lowest BCUT2D eigenvalue weighted by Crippen LogP contribution is -2.17. The first kappa shape index (κ1) is 23.5. The Morgan fingerprint density at radius 2 is 1.88 bits per heavy atom. The largest absolute Gasteiger partial charge is 0.465 e. The number of benzene rings is 1. The molecule has 174 valence electrons. The summed E-state index contributed by atoms with van der Waals surface area (Å²) in [5, 5.41) is 12.9. The Balaban J connectivity index is 1.49. The molecule has 2 heterocycles. The summed E-state index contributed by atoms with van der Waals surface area (Å²) in [6.45, 7) is 2.73. The fourth-order valence-corrected chi connectivity index (χ4v) is 6.20. The molecular formula is C24H28N4O3S2. The van der Waals surface area contributed by atoms with Gasteiger partial charge in [0.05, 0.1) is 18.4 Å². The lowest BCUT2D eigenvalue weighted by atomic mass is 9.96. The molecule has 7 nitrogen and oxygen atoms in total. The predicted octanol–water partition coefficient (Wildman–Crippen LogP) is 5.20. The Kier molecular flexibility index (Phi) is 7.82. The van der Waals surface area contributed by atoms with Crippen LogP contribution in [-0.2, 0) is 28.9 Å². The smallest absolute Gasteiger partial charge is 0.341 e. The highest BCUT2D eigenvalue weighted by Gasteiger charge is 2.26. The van der Waals surface area contributed by atoms with Gasteiger partial charge in [0.1, 0.15) is 5.00 Å². The van der Waals surface area contributed by atoms with E-state index in [-0.39, 0.29) is 17.6 Å². The number of ether oxygens (including phenoxy) is 1. The molecule has 4 rings (SSSR count). The zero-order valence-corrected chi connectivity index (χ0v) is 20.6. The Morgan fingerprint density at radius 3 is 2.61 bits per heavy atom. The van der Waals surface area contributed by atoms with Gasteiger partial charge in [-0.1, -0.05) is 54.9 Å². The first-order chi connectivity index (χ1) is 16.1. The standard InChI is InChI=1S/C24H28N4O3S2/c1-3-28-21(16-11-7-6-8-12-16)26-27-24(28)32-15-19(29)25-22-20(23(30)31-2)17-13-9-4-5-10-14-18(17)33-22/h6-8,11-12H,3-5,9-10,13-15H2,1-2H3,(H,25,29). The first-order valence-corrected chi connectivity index (χ1v) is 13.1. The molecule has 1 aliphatic rings. The van der Waals surface area contributed by atoms with E-state index >= 15 is 0 Å². The summed E-state index contributed by atoms with van der Waals surface area (Å²) in [5.74, 6) is 0.406. The van der Waals surface area contributed by atoms with E-state index in [2.05, 4.69) is 15.5 Å². The molecule has 1 amide bonds. The van der Waals surface area contributed by atoms with Gasteiger partial charge in [0.2, 0.25) is 5.91 Å². The first-order valence-electron chi connectivity index (χ1n) is 11.3. The van der Waals surface area contributed by atoms with Crippen LogP contribution >= 0.6 is 23.1 Å². The number of thiophene rings is 1. The number of aromatic nitrogens is 3. The number of hydrogen-bond acceptors (Lipinski definition) is 7. The summed E-state index contributed by atoms with van der Waals surface area (Å²) >= 11 is 2.85. The van der Waals surface area contributed by atoms with Crippen LogP contribution in [0.1, 0.15) is 53.4 Å². The number of fused-ring (bicyclic) bond motifs is 1. The Labute approximate surface area is 201 Å². The molecule has 33 heavy (non-hydrogen) atoms. The molecule has 0 fully saturated rings. The topological polar surface area (TPSA) is 86.1 Å². The number of amides is 1. The minimum Gasteiger partial charge on any atom is -0.465 e. The lowest BCUT2D eigenvalue weighted by Gasteiger charge is -2.11. The molecule has 9 heteroatoms. The molecule has 1 aliphatic carbocycles. The van der Waals surface area contributed by atoms with Gasteiger partial charge in [0.15, 0.2) is 11.0 Å². The highest BCUT2D eigenvalue weighted by Crippen LogP contribution is 2.37. The monoisotopic (exact) mass is 484 g/mol. The molecule has 2 aromatic heterocycles. The minimum atomic E-state index is -0.380. The quantitative estimate of drug-likeness (QED) is 0.366. The average molecular weight is 485 g/mol. The zero-order valence-electron chi connectivity index (χ0n) is 18.9. The molecule has 0 saturated carbocycles. The van der Waals surface area contributed by atoms with E-state index in [1.54, 1.807) is 0 Å². The fourth-order valence-electron chi connectivity index (χ4n) is 4.10. The minimum absolute atomic E-state index is 0.175. The van der Waals surface area contributed by atoms with Gasteiger partial charge >= 0.3 is 5.97 Å². The van der Waals surface area contributed by atoms with E-state index < -0.39 is 0 Å². The Morgan fingerprint density at radius 1 is 1.12 bits per heavy atom. The van der Waals surface area contributed by atoms with E-state index in [4.69, 9.17) is 4.74 Å². The summed E-state index contributed by atoms with van der Waals surface area (Å²) < 4.78 is 7.05. The maximum absolute atomic E-state index is 12.8. The van der Waals surface area contributed by atoms with Crippen LogP contribution in [0.4, 0.5) is 5.00 Å². The van der Waals surface area contributed by atoms with Crippen molar-refractivity contribution in [2.24, 2.45) is 0 Å². The van der Waals surface area contributed by atoms with Crippen LogP contribution in [0.3, 0.4) is 0 Å². The summed E-state index contributed by atoms with van der Waals surface area (Å²) in [4.78, 5) is 26.6. The summed E-state index contributed by atoms with van der Waals surface area (Å²) in [6.07, 6.45) is 6.31. The summed E-state index contributed by atoms with van der Waals surface area (Å²) in [5.41, 5.74) is 2.57. The predicted molar refractivity (Wildman–Crippen MR) is 132 cm³/mol. The molecule has 0 saturated heterocycles. The third kappa shape index (κ3) is 5.30. The van der Waals surface area contributed by atoms with Gasteiger partial charge in [-0.25, -0.2) is 4.79 Å². The number of aryl methyl sites for hydroxylation is 1. The van der Waals surface area contributed by atoms with Gasteiger partial charge in [-0.3, -0.25) is 4.79 Å². The van der Waals surface area contributed by atoms with Gasteiger partial charge in [-0.15, -0.1) is 21.5 Å². The molecule has 0 atom stereocenters. The molecule has 1 N–H and O–H groups in total. The van der Waals surface area contributed by atoms with Crippen molar-refractivity contribution in [1.82, 2.24) is 14.8 Å². The zero-order chi connectivity index (χ0) is 23.2. The van der Waals surface area contributed by atoms with Crippen molar-refractivity contribution in [3.63, 3.8) is 0 Å². The van der Waals surface area contributed by atoms with Gasteiger partial charge < -0.3 is 14.6 Å². The SMILES string of the molecule is CCn1c(SCC(=O)Nc2sc3c(c2C(=O)OC)CCCCCC3)nnc1-c1ccccc1. The van der Waals surface area contributed by atoms with Crippen LogP contribution in [0, 0.1) is 0 Å². The number of rotatable bonds is 7. The summed E-state index contributed by atoms with van der Waals surface area (Å²) in [7, 11) is 1.39. The molecular weight excluding hydrogens is 456 g/mol. The number of anilines is 1. The van der Waals surface area contributed by atoms with Crippen LogP contribution in [0.15, 0.2) is 35.5 Å². The summed E-state index contributed by atoms with van der Waals surface area (Å²) in [6, 6.07) is 9.88. The third-order valence-corrected chi connectivity index (χ3v) is 7.89. The number of esters is 1. The van der Waals surface area contributed by atoms with Crippen molar-refractivity contribution in [3.05, 3.63) is 46.3 Å². The number of carbonyl (C=O) groups is 2. The van der Waals surface area contributed by atoms with Crippen LogP contribution in [0.5, 0.6) is 0 Å². The average Bonchev–Trinajstić information content (AvgIpc) is 3.38.